The number of unbranched alkanes of at least 4 members (excludes halogenated alkanes) is 25. The number of ether oxygens (including phenoxy) is 2. The van der Waals surface area contributed by atoms with Crippen LogP contribution in [0, 0.1) is 0 Å². The van der Waals surface area contributed by atoms with E-state index >= 15 is 0 Å². The van der Waals surface area contributed by atoms with Gasteiger partial charge in [0, 0.05) is 32.4 Å². The lowest BCUT2D eigenvalue weighted by molar-refractivity contribution is -0.161. The van der Waals surface area contributed by atoms with Crippen LogP contribution in [0.3, 0.4) is 0 Å². The summed E-state index contributed by atoms with van der Waals surface area (Å²) in [4.78, 5) is 87.4. The molecule has 4 atom stereocenters. The quantitative estimate of drug-likeness (QED) is 0.0129. The van der Waals surface area contributed by atoms with Gasteiger partial charge in [-0.1, -0.05) is 174 Å². The van der Waals surface area contributed by atoms with Gasteiger partial charge in [-0.2, -0.15) is 0 Å². The van der Waals surface area contributed by atoms with E-state index in [1.807, 2.05) is 0 Å². The van der Waals surface area contributed by atoms with Crippen LogP contribution in [0.25, 0.3) is 0 Å². The van der Waals surface area contributed by atoms with E-state index in [9.17, 15) is 48.1 Å². The van der Waals surface area contributed by atoms with Gasteiger partial charge in [0.05, 0.1) is 22.0 Å². The monoisotopic (exact) mass is 1030 g/mol. The van der Waals surface area contributed by atoms with Crippen molar-refractivity contribution in [1.82, 2.24) is 10.6 Å². The van der Waals surface area contributed by atoms with Crippen molar-refractivity contribution >= 4 is 48.0 Å². The van der Waals surface area contributed by atoms with Crippen molar-refractivity contribution in [3.05, 3.63) is 12.2 Å². The predicted molar refractivity (Wildman–Crippen MR) is 269 cm³/mol. The first-order valence-electron chi connectivity index (χ1n) is 26.0. The van der Waals surface area contributed by atoms with Crippen LogP contribution in [0.15, 0.2) is 12.2 Å². The van der Waals surface area contributed by atoms with Gasteiger partial charge in [-0.25, -0.2) is 4.57 Å². The summed E-state index contributed by atoms with van der Waals surface area (Å²) in [6.45, 7) is 3.12. The zero-order valence-electron chi connectivity index (χ0n) is 41.8. The zero-order valence-corrected chi connectivity index (χ0v) is 44.6. The lowest BCUT2D eigenvalue weighted by Gasteiger charge is -2.25. The summed E-state index contributed by atoms with van der Waals surface area (Å²) in [6.07, 6.45) is 33.0. The molecule has 0 aliphatic rings. The average molecular weight is 1030 g/mol. The van der Waals surface area contributed by atoms with Gasteiger partial charge in [0.25, 0.3) is 0 Å². The molecule has 0 heterocycles. The fourth-order valence-electron chi connectivity index (χ4n) is 7.29. The Labute approximate surface area is 410 Å². The van der Waals surface area contributed by atoms with Crippen LogP contribution < -0.4 is 10.6 Å². The Kier molecular flexibility index (Phi) is 42.8. The molecule has 2 amide bonds. The van der Waals surface area contributed by atoms with Crippen LogP contribution in [0.4, 0.5) is 0 Å². The average Bonchev–Trinajstić information content (AvgIpc) is 3.30. The van der Waals surface area contributed by atoms with E-state index in [0.29, 0.717) is 25.7 Å². The van der Waals surface area contributed by atoms with E-state index in [0.717, 1.165) is 38.5 Å². The van der Waals surface area contributed by atoms with Crippen molar-refractivity contribution < 1.29 is 71.5 Å². The van der Waals surface area contributed by atoms with Crippen LogP contribution in [0.5, 0.6) is 0 Å². The largest absolute Gasteiger partial charge is 0.472 e. The third-order valence-corrected chi connectivity index (χ3v) is 15.5. The molecule has 0 aliphatic carbocycles. The van der Waals surface area contributed by atoms with Crippen LogP contribution in [-0.2, 0) is 46.8 Å². The maximum atomic E-state index is 12.8. The lowest BCUT2D eigenvalue weighted by atomic mass is 10.0. The number of hydrogen-bond donors (Lipinski definition) is 7. The highest BCUT2D eigenvalue weighted by atomic mass is 31.2. The number of esters is 2. The van der Waals surface area contributed by atoms with E-state index in [-0.39, 0.29) is 57.9 Å². The summed E-state index contributed by atoms with van der Waals surface area (Å²) in [7, 11) is -11.0. The number of carbonyl (C=O) groups excluding carboxylic acids is 4. The summed E-state index contributed by atoms with van der Waals surface area (Å²) in [5.41, 5.74) is 0. The molecule has 0 aromatic heterocycles. The van der Waals surface area contributed by atoms with Crippen LogP contribution in [-0.4, -0.2) is 92.5 Å². The van der Waals surface area contributed by atoms with Crippen molar-refractivity contribution in [1.29, 1.82) is 0 Å². The Hall–Kier alpha value is -1.77. The fraction of sp³-hybridized carbons (Fsp3) is 0.875. The Bertz CT molecular complexity index is 1420. The molecule has 0 rings (SSSR count). The first-order chi connectivity index (χ1) is 32.6. The molecule has 7 N–H and O–H groups in total. The third kappa shape index (κ3) is 40.9. The van der Waals surface area contributed by atoms with Gasteiger partial charge in [0.15, 0.2) is 6.10 Å². The summed E-state index contributed by atoms with van der Waals surface area (Å²) in [5.74, 6) is -1.81. The van der Waals surface area contributed by atoms with E-state index < -0.39 is 66.3 Å². The molecule has 0 radical (unpaired) electrons. The number of allylic oxidation sites excluding steroid dienone is 1. The number of amides is 2. The molecule has 0 fully saturated rings. The molecule has 17 nitrogen and oxygen atoms in total. The van der Waals surface area contributed by atoms with Crippen LogP contribution in [0.2, 0.25) is 0 Å². The SMILES string of the molecule is CCCCCCCCCCCCCCCC(=O)OCC(COP(=O)(O)OCCNC(=O)CCC/C=C/C(=O)NCCCC(O)(PO)P(=O)(O)O)OC(=O)CCCCCCCCCCCCCCC. The number of hydrogen-bond acceptors (Lipinski definition) is 12. The van der Waals surface area contributed by atoms with Crippen LogP contribution >= 0.6 is 24.2 Å². The summed E-state index contributed by atoms with van der Waals surface area (Å²) < 4.78 is 45.1. The molecular formula is C48H93N2O15P3. The van der Waals surface area contributed by atoms with Crippen molar-refractivity contribution in [2.75, 3.05) is 32.9 Å². The van der Waals surface area contributed by atoms with Gasteiger partial charge in [-0.15, -0.1) is 0 Å². The van der Waals surface area contributed by atoms with Crippen molar-refractivity contribution in [2.24, 2.45) is 0 Å². The van der Waals surface area contributed by atoms with Gasteiger partial charge < -0.3 is 44.8 Å². The molecule has 0 bridgehead atoms. The second kappa shape index (κ2) is 44.0. The van der Waals surface area contributed by atoms with E-state index in [4.69, 9.17) is 23.4 Å². The Morgan fingerprint density at radius 2 is 1.06 bits per heavy atom. The number of aliphatic hydroxyl groups is 1. The Morgan fingerprint density at radius 3 is 1.53 bits per heavy atom. The number of carbonyl (C=O) groups is 4. The van der Waals surface area contributed by atoms with E-state index in [1.54, 1.807) is 0 Å². The Balaban J connectivity index is 4.64. The van der Waals surface area contributed by atoms with Gasteiger partial charge in [0.2, 0.25) is 16.9 Å². The molecule has 4 unspecified atom stereocenters. The molecule has 0 saturated heterocycles. The second-order valence-electron chi connectivity index (χ2n) is 17.9. The second-order valence-corrected chi connectivity index (χ2v) is 22.6. The van der Waals surface area contributed by atoms with Crippen molar-refractivity contribution in [2.45, 2.75) is 237 Å². The molecule has 0 aromatic carbocycles. The minimum Gasteiger partial charge on any atom is -0.462 e. The maximum absolute atomic E-state index is 12.8. The normalized spacial score (nSPS) is 14.2. The maximum Gasteiger partial charge on any atom is 0.472 e. The number of phosphoric ester groups is 1. The summed E-state index contributed by atoms with van der Waals surface area (Å²) >= 11 is 0. The first kappa shape index (κ1) is 66.2. The van der Waals surface area contributed by atoms with Gasteiger partial charge in [-0.3, -0.25) is 32.8 Å². The molecule has 68 heavy (non-hydrogen) atoms. The van der Waals surface area contributed by atoms with Gasteiger partial charge in [0.1, 0.15) is 6.61 Å². The summed E-state index contributed by atoms with van der Waals surface area (Å²) in [6, 6.07) is 0. The van der Waals surface area contributed by atoms with Gasteiger partial charge >= 0.3 is 27.4 Å². The number of phosphoric acid groups is 1. The van der Waals surface area contributed by atoms with Crippen LogP contribution in [0.1, 0.15) is 226 Å². The first-order valence-corrected chi connectivity index (χ1v) is 30.0. The fourth-order valence-corrected chi connectivity index (χ4v) is 9.30. The molecule has 0 aromatic rings. The zero-order chi connectivity index (χ0) is 50.6. The highest BCUT2D eigenvalue weighted by Gasteiger charge is 2.44. The minimum absolute atomic E-state index is 0.00879. The number of rotatable bonds is 49. The predicted octanol–water partition coefficient (Wildman–Crippen LogP) is 10.7. The number of nitrogens with one attached hydrogen (secondary N) is 2. The highest BCUT2D eigenvalue weighted by molar-refractivity contribution is 7.64. The standard InChI is InChI=1S/C48H93N2O15P3/c1-3-5-7-9-11-13-15-17-19-21-23-25-30-35-46(53)62-41-43(65-47(54)36-31-26-24-22-20-18-16-14-12-10-8-6-4-2)42-64-68(60,61)63-40-39-50-45(52)34-29-27-28-33-44(51)49-38-32-37-48(55,66-56)67(57,58)59/h28,33,43,55-56,66H,3-27,29-32,34-42H2,1-2H3,(H,49,51)(H,50,52)(H,60,61)(H2,57,58,59)/b33-28+. The molecular weight excluding hydrogens is 937 g/mol. The topological polar surface area (TPSA) is 265 Å². The Morgan fingerprint density at radius 1 is 0.588 bits per heavy atom. The molecule has 0 aliphatic heterocycles. The van der Waals surface area contributed by atoms with E-state index in [2.05, 4.69) is 24.5 Å². The minimum atomic E-state index is -4.94. The highest BCUT2D eigenvalue weighted by Crippen LogP contribution is 2.59. The molecule has 0 saturated carbocycles. The van der Waals surface area contributed by atoms with Gasteiger partial charge in [-0.05, 0) is 44.6 Å². The van der Waals surface area contributed by atoms with Crippen molar-refractivity contribution in [3.8, 4) is 0 Å². The molecule has 400 valence electrons. The molecule has 20 heteroatoms. The lowest BCUT2D eigenvalue weighted by Crippen LogP contribution is -2.30. The third-order valence-electron chi connectivity index (χ3n) is 11.5. The summed E-state index contributed by atoms with van der Waals surface area (Å²) in [5, 5.41) is 12.4. The van der Waals surface area contributed by atoms with Crippen molar-refractivity contribution in [3.63, 3.8) is 0 Å². The van der Waals surface area contributed by atoms with E-state index in [1.165, 1.54) is 128 Å². The molecule has 0 spiro atoms. The smallest absolute Gasteiger partial charge is 0.462 e.